The fraction of sp³-hybridized carbons (Fsp3) is 0.545. The van der Waals surface area contributed by atoms with Gasteiger partial charge in [-0.05, 0) is 44.0 Å². The van der Waals surface area contributed by atoms with Crippen LogP contribution in [0.5, 0.6) is 0 Å². The Morgan fingerprint density at radius 3 is 2.58 bits per heavy atom. The molecule has 1 unspecified atom stereocenters. The molecule has 0 radical (unpaired) electrons. The fourth-order valence-corrected chi connectivity index (χ4v) is 4.46. The Bertz CT molecular complexity index is 612. The average Bonchev–Trinajstić information content (AvgIpc) is 2.98. The number of benzene rings is 1. The molecule has 0 saturated carbocycles. The van der Waals surface area contributed by atoms with E-state index in [2.05, 4.69) is 73.1 Å². The van der Waals surface area contributed by atoms with Crippen LogP contribution in [0.3, 0.4) is 0 Å². The third-order valence-corrected chi connectivity index (χ3v) is 6.03. The van der Waals surface area contributed by atoms with Crippen molar-refractivity contribution in [2.24, 2.45) is 0 Å². The van der Waals surface area contributed by atoms with Gasteiger partial charge in [-0.15, -0.1) is 0 Å². The second-order valence-corrected chi connectivity index (χ2v) is 7.06. The summed E-state index contributed by atoms with van der Waals surface area (Å²) in [6.45, 7) is 12.6. The Balaban J connectivity index is 1.90. The van der Waals surface area contributed by atoms with Crippen LogP contribution in [-0.2, 0) is 5.41 Å². The van der Waals surface area contributed by atoms with Crippen LogP contribution in [0.4, 0.5) is 5.69 Å². The summed E-state index contributed by atoms with van der Waals surface area (Å²) in [4.78, 5) is 5.16. The zero-order valence-corrected chi connectivity index (χ0v) is 15.6. The molecule has 2 aliphatic rings. The Labute approximate surface area is 147 Å². The van der Waals surface area contributed by atoms with Gasteiger partial charge in [-0.2, -0.15) is 0 Å². The van der Waals surface area contributed by atoms with Crippen molar-refractivity contribution in [1.82, 2.24) is 4.90 Å². The molecule has 2 nitrogen and oxygen atoms in total. The molecule has 0 spiro atoms. The number of likely N-dealkylation sites (N-methyl/N-ethyl adjacent to an activating group) is 1. The van der Waals surface area contributed by atoms with Gasteiger partial charge in [0.15, 0.2) is 0 Å². The number of anilines is 1. The summed E-state index contributed by atoms with van der Waals surface area (Å²) in [5.74, 6) is 0. The molecular formula is C22H32N2. The van der Waals surface area contributed by atoms with E-state index in [0.717, 1.165) is 32.7 Å². The monoisotopic (exact) mass is 324 g/mol. The number of para-hydroxylation sites is 1. The molecular weight excluding hydrogens is 292 g/mol. The minimum absolute atomic E-state index is 0.213. The van der Waals surface area contributed by atoms with Crippen LogP contribution in [0, 0.1) is 0 Å². The van der Waals surface area contributed by atoms with Crippen LogP contribution in [-0.4, -0.2) is 37.6 Å². The van der Waals surface area contributed by atoms with Crippen molar-refractivity contribution in [3.8, 4) is 0 Å². The highest BCUT2D eigenvalue weighted by Gasteiger charge is 2.43. The van der Waals surface area contributed by atoms with E-state index in [0.29, 0.717) is 0 Å². The molecule has 1 aromatic rings. The molecule has 2 heteroatoms. The van der Waals surface area contributed by atoms with Gasteiger partial charge in [0.05, 0.1) is 0 Å². The van der Waals surface area contributed by atoms with Gasteiger partial charge < -0.3 is 9.80 Å². The number of nitrogens with zero attached hydrogens (tertiary/aromatic N) is 2. The van der Waals surface area contributed by atoms with Crippen molar-refractivity contribution in [2.75, 3.05) is 37.6 Å². The third kappa shape index (κ3) is 3.04. The lowest BCUT2D eigenvalue weighted by Crippen LogP contribution is -2.39. The quantitative estimate of drug-likeness (QED) is 0.712. The molecule has 0 saturated heterocycles. The van der Waals surface area contributed by atoms with Gasteiger partial charge in [0.25, 0.3) is 0 Å². The Morgan fingerprint density at radius 2 is 1.92 bits per heavy atom. The molecule has 24 heavy (non-hydrogen) atoms. The lowest BCUT2D eigenvalue weighted by Gasteiger charge is -2.34. The molecule has 1 heterocycles. The van der Waals surface area contributed by atoms with Crippen molar-refractivity contribution < 1.29 is 0 Å². The van der Waals surface area contributed by atoms with Crippen molar-refractivity contribution in [1.29, 1.82) is 0 Å². The van der Waals surface area contributed by atoms with Gasteiger partial charge >= 0.3 is 0 Å². The third-order valence-electron chi connectivity index (χ3n) is 6.03. The average molecular weight is 325 g/mol. The highest BCUT2D eigenvalue weighted by Crippen LogP contribution is 2.49. The van der Waals surface area contributed by atoms with Gasteiger partial charge in [-0.25, -0.2) is 0 Å². The van der Waals surface area contributed by atoms with Gasteiger partial charge in [0, 0.05) is 30.7 Å². The number of hydrogen-bond acceptors (Lipinski definition) is 2. The Hall–Kier alpha value is -1.54. The Kier molecular flexibility index (Phi) is 5.45. The van der Waals surface area contributed by atoms with E-state index in [1.165, 1.54) is 24.9 Å². The van der Waals surface area contributed by atoms with Gasteiger partial charge in [-0.1, -0.05) is 62.8 Å². The van der Waals surface area contributed by atoms with Crippen molar-refractivity contribution in [2.45, 2.75) is 45.4 Å². The normalized spacial score (nSPS) is 22.8. The summed E-state index contributed by atoms with van der Waals surface area (Å²) in [7, 11) is 0. The van der Waals surface area contributed by atoms with Crippen molar-refractivity contribution >= 4 is 5.69 Å². The van der Waals surface area contributed by atoms with Crippen LogP contribution >= 0.6 is 0 Å². The molecule has 1 atom stereocenters. The first-order chi connectivity index (χ1) is 11.7. The maximum absolute atomic E-state index is 2.64. The highest BCUT2D eigenvalue weighted by molar-refractivity contribution is 5.66. The summed E-state index contributed by atoms with van der Waals surface area (Å²) in [5, 5.41) is 0. The van der Waals surface area contributed by atoms with E-state index >= 15 is 0 Å². The molecule has 130 valence electrons. The lowest BCUT2D eigenvalue weighted by atomic mass is 9.71. The number of hydrogen-bond donors (Lipinski definition) is 0. The van der Waals surface area contributed by atoms with Crippen LogP contribution in [0.15, 0.2) is 48.1 Å². The maximum Gasteiger partial charge on any atom is 0.0409 e. The first kappa shape index (κ1) is 17.3. The summed E-state index contributed by atoms with van der Waals surface area (Å²) in [5.41, 5.74) is 4.85. The Morgan fingerprint density at radius 1 is 1.12 bits per heavy atom. The predicted octanol–water partition coefficient (Wildman–Crippen LogP) is 4.77. The van der Waals surface area contributed by atoms with E-state index < -0.39 is 0 Å². The van der Waals surface area contributed by atoms with Crippen LogP contribution in [0.2, 0.25) is 0 Å². The van der Waals surface area contributed by atoms with Gasteiger partial charge in [0.2, 0.25) is 0 Å². The van der Waals surface area contributed by atoms with E-state index in [-0.39, 0.29) is 5.41 Å². The zero-order valence-electron chi connectivity index (χ0n) is 15.6. The van der Waals surface area contributed by atoms with E-state index in [1.54, 1.807) is 11.1 Å². The van der Waals surface area contributed by atoms with E-state index in [4.69, 9.17) is 0 Å². The molecule has 0 bridgehead atoms. The van der Waals surface area contributed by atoms with Gasteiger partial charge in [-0.3, -0.25) is 0 Å². The summed E-state index contributed by atoms with van der Waals surface area (Å²) in [6.07, 6.45) is 10.5. The van der Waals surface area contributed by atoms with E-state index in [9.17, 15) is 0 Å². The largest absolute Gasteiger partial charge is 0.369 e. The second kappa shape index (κ2) is 7.57. The molecule has 1 aliphatic carbocycles. The minimum atomic E-state index is 0.213. The van der Waals surface area contributed by atoms with Crippen LogP contribution < -0.4 is 4.90 Å². The summed E-state index contributed by atoms with van der Waals surface area (Å²) >= 11 is 0. The fourth-order valence-electron chi connectivity index (χ4n) is 4.46. The highest BCUT2D eigenvalue weighted by atomic mass is 15.2. The second-order valence-electron chi connectivity index (χ2n) is 7.06. The number of allylic oxidation sites excluding steroid dienone is 3. The van der Waals surface area contributed by atoms with Crippen LogP contribution in [0.1, 0.15) is 45.6 Å². The topological polar surface area (TPSA) is 6.48 Å². The lowest BCUT2D eigenvalue weighted by molar-refractivity contribution is 0.308. The first-order valence-corrected chi connectivity index (χ1v) is 9.68. The molecule has 1 aliphatic heterocycles. The van der Waals surface area contributed by atoms with Crippen LogP contribution in [0.25, 0.3) is 0 Å². The number of fused-ring (bicyclic) bond motifs is 1. The minimum Gasteiger partial charge on any atom is -0.369 e. The summed E-state index contributed by atoms with van der Waals surface area (Å²) in [6, 6.07) is 9.12. The SMILES string of the molecule is CCN(CC)CCN1CC(CC)(C2=CC=CCC2)c2ccccc21. The van der Waals surface area contributed by atoms with E-state index in [1.807, 2.05) is 0 Å². The predicted molar refractivity (Wildman–Crippen MR) is 105 cm³/mol. The standard InChI is InChI=1S/C22H32N2/c1-4-22(19-12-8-7-9-13-19)18-24(17-16-23(5-2)6-3)21-15-11-10-14-20(21)22/h7-8,10-12,14-15H,4-6,9,13,16-18H2,1-3H3. The molecule has 0 amide bonds. The van der Waals surface area contributed by atoms with Crippen molar-refractivity contribution in [3.63, 3.8) is 0 Å². The zero-order chi connectivity index (χ0) is 17.0. The first-order valence-electron chi connectivity index (χ1n) is 9.68. The molecule has 1 aromatic carbocycles. The molecule has 0 N–H and O–H groups in total. The maximum atomic E-state index is 2.64. The number of rotatable bonds is 7. The summed E-state index contributed by atoms with van der Waals surface area (Å²) < 4.78 is 0. The molecule has 0 fully saturated rings. The molecule has 3 rings (SSSR count). The smallest absolute Gasteiger partial charge is 0.0409 e. The molecule has 0 aromatic heterocycles. The van der Waals surface area contributed by atoms with Crippen molar-refractivity contribution in [3.05, 3.63) is 53.6 Å². The van der Waals surface area contributed by atoms with Gasteiger partial charge in [0.1, 0.15) is 0 Å².